The Bertz CT molecular complexity index is 899. The molecule has 0 atom stereocenters. The molecular formula is C14H12F3N5O2. The topological polar surface area (TPSA) is 77.1 Å². The number of aryl methyl sites for hydroxylation is 1. The van der Waals surface area contributed by atoms with Gasteiger partial charge in [-0.15, -0.1) is 0 Å². The Kier molecular flexibility index (Phi) is 3.74. The molecule has 2 aromatic heterocycles. The second-order valence-corrected chi connectivity index (χ2v) is 5.28. The van der Waals surface area contributed by atoms with Crippen molar-refractivity contribution < 1.29 is 22.6 Å². The third kappa shape index (κ3) is 2.94. The lowest BCUT2D eigenvalue weighted by molar-refractivity contribution is -0.141. The number of amides is 1. The summed E-state index contributed by atoms with van der Waals surface area (Å²) in [5.41, 5.74) is 0.612. The van der Waals surface area contributed by atoms with Crippen LogP contribution in [0.5, 0.6) is 0 Å². The van der Waals surface area contributed by atoms with E-state index >= 15 is 0 Å². The maximum Gasteiger partial charge on any atom is 0.435 e. The summed E-state index contributed by atoms with van der Waals surface area (Å²) >= 11 is 0. The van der Waals surface area contributed by atoms with Crippen LogP contribution in [0.1, 0.15) is 21.7 Å². The summed E-state index contributed by atoms with van der Waals surface area (Å²) < 4.78 is 43.6. The lowest BCUT2D eigenvalue weighted by Gasteiger charge is -2.17. The van der Waals surface area contributed by atoms with Crippen molar-refractivity contribution in [3.63, 3.8) is 0 Å². The maximum atomic E-state index is 12.7. The van der Waals surface area contributed by atoms with Gasteiger partial charge in [0.05, 0.1) is 0 Å². The molecule has 0 aliphatic carbocycles. The number of carbonyl (C=O) groups excluding carboxylic acids is 1. The number of nitrogens with zero attached hydrogens (tertiary/aromatic N) is 5. The fourth-order valence-corrected chi connectivity index (χ4v) is 2.27. The smallest absolute Gasteiger partial charge is 0.336 e. The molecular weight excluding hydrogens is 327 g/mol. The first-order valence-corrected chi connectivity index (χ1v) is 6.83. The maximum absolute atomic E-state index is 12.7. The van der Waals surface area contributed by atoms with Crippen molar-refractivity contribution in [3.05, 3.63) is 41.2 Å². The SMILES string of the molecule is CN(Cc1ccc2nonc2c1)C(=O)c1cc(C(F)(F)F)nn1C. The number of aromatic nitrogens is 4. The summed E-state index contributed by atoms with van der Waals surface area (Å²) in [4.78, 5) is 13.7. The van der Waals surface area contributed by atoms with E-state index < -0.39 is 17.8 Å². The third-order valence-electron chi connectivity index (χ3n) is 3.47. The summed E-state index contributed by atoms with van der Waals surface area (Å²) in [7, 11) is 2.79. The molecule has 3 aromatic rings. The monoisotopic (exact) mass is 339 g/mol. The van der Waals surface area contributed by atoms with Gasteiger partial charge in [0.1, 0.15) is 16.7 Å². The summed E-state index contributed by atoms with van der Waals surface area (Å²) in [6.45, 7) is 0.189. The largest absolute Gasteiger partial charge is 0.435 e. The molecule has 0 aliphatic rings. The van der Waals surface area contributed by atoms with Crippen molar-refractivity contribution in [1.82, 2.24) is 25.0 Å². The van der Waals surface area contributed by atoms with Crippen LogP contribution in [0.3, 0.4) is 0 Å². The predicted octanol–water partition coefficient (Wildman–Crippen LogP) is 2.25. The van der Waals surface area contributed by atoms with Crippen molar-refractivity contribution in [2.24, 2.45) is 7.05 Å². The molecule has 1 aromatic carbocycles. The Hall–Kier alpha value is -2.91. The molecule has 7 nitrogen and oxygen atoms in total. The van der Waals surface area contributed by atoms with Gasteiger partial charge in [0, 0.05) is 26.7 Å². The molecule has 2 heterocycles. The fraction of sp³-hybridized carbons (Fsp3) is 0.286. The minimum atomic E-state index is -4.60. The van der Waals surface area contributed by atoms with Crippen LogP contribution < -0.4 is 0 Å². The molecule has 0 spiro atoms. The van der Waals surface area contributed by atoms with Crippen LogP contribution in [0.25, 0.3) is 11.0 Å². The van der Waals surface area contributed by atoms with E-state index in [0.29, 0.717) is 11.0 Å². The Morgan fingerprint density at radius 1 is 1.25 bits per heavy atom. The van der Waals surface area contributed by atoms with E-state index in [1.165, 1.54) is 19.0 Å². The average Bonchev–Trinajstić information content (AvgIpc) is 3.11. The molecule has 126 valence electrons. The molecule has 0 saturated heterocycles. The summed E-state index contributed by atoms with van der Waals surface area (Å²) in [5.74, 6) is -0.570. The number of carbonyl (C=O) groups is 1. The van der Waals surface area contributed by atoms with Crippen molar-refractivity contribution in [2.75, 3.05) is 7.05 Å². The molecule has 0 radical (unpaired) electrons. The molecule has 0 unspecified atom stereocenters. The van der Waals surface area contributed by atoms with Gasteiger partial charge in [0.2, 0.25) is 0 Å². The zero-order chi connectivity index (χ0) is 17.5. The van der Waals surface area contributed by atoms with Gasteiger partial charge < -0.3 is 4.90 Å². The first kappa shape index (κ1) is 16.0. The van der Waals surface area contributed by atoms with Crippen LogP contribution in [0.15, 0.2) is 28.9 Å². The Morgan fingerprint density at radius 3 is 2.62 bits per heavy atom. The van der Waals surface area contributed by atoms with Gasteiger partial charge in [-0.25, -0.2) is 4.63 Å². The van der Waals surface area contributed by atoms with Crippen molar-refractivity contribution in [2.45, 2.75) is 12.7 Å². The summed E-state index contributed by atoms with van der Waals surface area (Å²) in [5, 5.41) is 10.7. The van der Waals surface area contributed by atoms with Gasteiger partial charge in [0.25, 0.3) is 5.91 Å². The van der Waals surface area contributed by atoms with Crippen LogP contribution in [0.4, 0.5) is 13.2 Å². The van der Waals surface area contributed by atoms with Gasteiger partial charge in [-0.2, -0.15) is 18.3 Å². The van der Waals surface area contributed by atoms with Gasteiger partial charge in [-0.1, -0.05) is 6.07 Å². The van der Waals surface area contributed by atoms with Crippen LogP contribution in [-0.2, 0) is 19.8 Å². The van der Waals surface area contributed by atoms with Gasteiger partial charge >= 0.3 is 6.18 Å². The summed E-state index contributed by atoms with van der Waals surface area (Å²) in [6, 6.07) is 5.86. The molecule has 0 fully saturated rings. The molecule has 10 heteroatoms. The van der Waals surface area contributed by atoms with Gasteiger partial charge in [-0.05, 0) is 28.0 Å². The lowest BCUT2D eigenvalue weighted by atomic mass is 10.2. The number of hydrogen-bond donors (Lipinski definition) is 0. The highest BCUT2D eigenvalue weighted by molar-refractivity contribution is 5.92. The zero-order valence-corrected chi connectivity index (χ0v) is 12.7. The van der Waals surface area contributed by atoms with Crippen molar-refractivity contribution in [3.8, 4) is 0 Å². The Morgan fingerprint density at radius 2 is 1.96 bits per heavy atom. The number of benzene rings is 1. The molecule has 0 aliphatic heterocycles. The molecule has 1 amide bonds. The fourth-order valence-electron chi connectivity index (χ4n) is 2.27. The van der Waals surface area contributed by atoms with E-state index in [0.717, 1.165) is 16.3 Å². The lowest BCUT2D eigenvalue weighted by Crippen LogP contribution is -2.28. The molecule has 24 heavy (non-hydrogen) atoms. The highest BCUT2D eigenvalue weighted by atomic mass is 19.4. The Balaban J connectivity index is 1.80. The quantitative estimate of drug-likeness (QED) is 0.731. The first-order chi connectivity index (χ1) is 11.3. The van der Waals surface area contributed by atoms with Crippen LogP contribution in [0.2, 0.25) is 0 Å². The highest BCUT2D eigenvalue weighted by Crippen LogP contribution is 2.28. The van der Waals surface area contributed by atoms with E-state index in [1.54, 1.807) is 18.2 Å². The van der Waals surface area contributed by atoms with E-state index in [1.807, 2.05) is 0 Å². The number of fused-ring (bicyclic) bond motifs is 1. The number of rotatable bonds is 3. The third-order valence-corrected chi connectivity index (χ3v) is 3.47. The van der Waals surface area contributed by atoms with Crippen molar-refractivity contribution in [1.29, 1.82) is 0 Å². The number of alkyl halides is 3. The van der Waals surface area contributed by atoms with Gasteiger partial charge in [0.15, 0.2) is 5.69 Å². The summed E-state index contributed by atoms with van der Waals surface area (Å²) in [6.07, 6.45) is -4.60. The second kappa shape index (κ2) is 5.62. The standard InChI is InChI=1S/C14H12F3N5O2/c1-21(7-8-3-4-9-10(5-8)20-24-19-9)13(23)11-6-12(14(15,16)17)18-22(11)2/h3-6H,7H2,1-2H3. The van der Waals surface area contributed by atoms with Crippen LogP contribution in [-0.4, -0.2) is 37.9 Å². The van der Waals surface area contributed by atoms with E-state index in [9.17, 15) is 18.0 Å². The molecule has 0 N–H and O–H groups in total. The minimum absolute atomic E-state index is 0.144. The minimum Gasteiger partial charge on any atom is -0.336 e. The second-order valence-electron chi connectivity index (χ2n) is 5.28. The predicted molar refractivity (Wildman–Crippen MR) is 75.8 cm³/mol. The first-order valence-electron chi connectivity index (χ1n) is 6.83. The van der Waals surface area contributed by atoms with Crippen LogP contribution >= 0.6 is 0 Å². The average molecular weight is 339 g/mol. The molecule has 0 bridgehead atoms. The number of halogens is 3. The highest BCUT2D eigenvalue weighted by Gasteiger charge is 2.35. The van der Waals surface area contributed by atoms with E-state index in [-0.39, 0.29) is 12.2 Å². The van der Waals surface area contributed by atoms with E-state index in [4.69, 9.17) is 0 Å². The van der Waals surface area contributed by atoms with Crippen LogP contribution in [0, 0.1) is 0 Å². The Labute approximate surface area is 133 Å². The van der Waals surface area contributed by atoms with E-state index in [2.05, 4.69) is 20.0 Å². The zero-order valence-electron chi connectivity index (χ0n) is 12.7. The molecule has 3 rings (SSSR count). The molecule has 0 saturated carbocycles. The van der Waals surface area contributed by atoms with Crippen molar-refractivity contribution >= 4 is 16.9 Å². The van der Waals surface area contributed by atoms with Gasteiger partial charge in [-0.3, -0.25) is 9.48 Å². The number of hydrogen-bond acceptors (Lipinski definition) is 5. The normalized spacial score (nSPS) is 11.9.